The Morgan fingerprint density at radius 2 is 1.89 bits per heavy atom. The Morgan fingerprint density at radius 3 is 2.61 bits per heavy atom. The highest BCUT2D eigenvalue weighted by Gasteiger charge is 2.30. The van der Waals surface area contributed by atoms with E-state index in [9.17, 15) is 9.59 Å². The molecule has 6 nitrogen and oxygen atoms in total. The molecule has 0 saturated carbocycles. The summed E-state index contributed by atoms with van der Waals surface area (Å²) in [5, 5.41) is 2.87. The van der Waals surface area contributed by atoms with E-state index in [2.05, 4.69) is 5.32 Å². The van der Waals surface area contributed by atoms with Crippen LogP contribution in [0, 0.1) is 12.8 Å². The molecule has 1 heterocycles. The standard InChI is InChI=1S/C22H26N2O4/c1-3-27-19-10-8-18(9-11-19)24-14-17(12-22(24)26)13-23-21(25)15-28-20-7-5-4-6-16(20)2/h4-11,17H,3,12-15H2,1-2H3,(H,23,25). The van der Waals surface area contributed by atoms with Gasteiger partial charge in [0.2, 0.25) is 5.91 Å². The number of nitrogens with zero attached hydrogens (tertiary/aromatic N) is 1. The monoisotopic (exact) mass is 382 g/mol. The number of carbonyl (C=O) groups is 2. The van der Waals surface area contributed by atoms with Crippen LogP contribution in [0.2, 0.25) is 0 Å². The van der Waals surface area contributed by atoms with E-state index >= 15 is 0 Å². The maximum Gasteiger partial charge on any atom is 0.257 e. The predicted molar refractivity (Wildman–Crippen MR) is 108 cm³/mol. The number of amides is 2. The Kier molecular flexibility index (Phi) is 6.53. The molecule has 0 aromatic heterocycles. The van der Waals surface area contributed by atoms with E-state index in [4.69, 9.17) is 9.47 Å². The Balaban J connectivity index is 1.46. The zero-order chi connectivity index (χ0) is 19.9. The van der Waals surface area contributed by atoms with Crippen LogP contribution in [0.25, 0.3) is 0 Å². The highest BCUT2D eigenvalue weighted by atomic mass is 16.5. The number of aryl methyl sites for hydroxylation is 1. The highest BCUT2D eigenvalue weighted by Crippen LogP contribution is 2.26. The Bertz CT molecular complexity index is 820. The lowest BCUT2D eigenvalue weighted by atomic mass is 10.1. The minimum atomic E-state index is -0.185. The van der Waals surface area contributed by atoms with Gasteiger partial charge in [-0.1, -0.05) is 18.2 Å². The average molecular weight is 382 g/mol. The summed E-state index contributed by atoms with van der Waals surface area (Å²) in [6.07, 6.45) is 0.423. The number of hydrogen-bond donors (Lipinski definition) is 1. The molecule has 0 radical (unpaired) electrons. The first-order valence-electron chi connectivity index (χ1n) is 9.55. The molecule has 1 saturated heterocycles. The van der Waals surface area contributed by atoms with Crippen LogP contribution in [0.3, 0.4) is 0 Å². The van der Waals surface area contributed by atoms with E-state index in [0.717, 1.165) is 17.0 Å². The van der Waals surface area contributed by atoms with E-state index in [-0.39, 0.29) is 24.3 Å². The Morgan fingerprint density at radius 1 is 1.14 bits per heavy atom. The third-order valence-electron chi connectivity index (χ3n) is 4.70. The van der Waals surface area contributed by atoms with Crippen molar-refractivity contribution in [1.29, 1.82) is 0 Å². The van der Waals surface area contributed by atoms with Crippen LogP contribution in [-0.2, 0) is 9.59 Å². The van der Waals surface area contributed by atoms with Gasteiger partial charge in [0.25, 0.3) is 5.91 Å². The second-order valence-corrected chi connectivity index (χ2v) is 6.86. The van der Waals surface area contributed by atoms with Crippen LogP contribution >= 0.6 is 0 Å². The van der Waals surface area contributed by atoms with E-state index < -0.39 is 0 Å². The molecule has 1 aliphatic rings. The van der Waals surface area contributed by atoms with Crippen molar-refractivity contribution in [1.82, 2.24) is 5.32 Å². The number of ether oxygens (including phenoxy) is 2. The van der Waals surface area contributed by atoms with Gasteiger partial charge in [0.1, 0.15) is 11.5 Å². The first kappa shape index (κ1) is 19.7. The molecule has 2 aromatic carbocycles. The van der Waals surface area contributed by atoms with Crippen molar-refractivity contribution >= 4 is 17.5 Å². The summed E-state index contributed by atoms with van der Waals surface area (Å²) in [6.45, 7) is 5.49. The Hall–Kier alpha value is -3.02. The summed E-state index contributed by atoms with van der Waals surface area (Å²) in [5.41, 5.74) is 1.84. The first-order valence-corrected chi connectivity index (χ1v) is 9.55. The lowest BCUT2D eigenvalue weighted by Gasteiger charge is -2.17. The fraction of sp³-hybridized carbons (Fsp3) is 0.364. The van der Waals surface area contributed by atoms with E-state index in [1.807, 2.05) is 62.4 Å². The lowest BCUT2D eigenvalue weighted by Crippen LogP contribution is -2.34. The smallest absolute Gasteiger partial charge is 0.257 e. The average Bonchev–Trinajstić information content (AvgIpc) is 3.07. The molecule has 6 heteroatoms. The molecule has 148 valence electrons. The zero-order valence-corrected chi connectivity index (χ0v) is 16.3. The number of hydrogen-bond acceptors (Lipinski definition) is 4. The van der Waals surface area contributed by atoms with Crippen molar-refractivity contribution in [3.8, 4) is 11.5 Å². The summed E-state index contributed by atoms with van der Waals surface area (Å²) in [7, 11) is 0. The van der Waals surface area contributed by atoms with Crippen molar-refractivity contribution < 1.29 is 19.1 Å². The topological polar surface area (TPSA) is 67.9 Å². The van der Waals surface area contributed by atoms with Crippen LogP contribution < -0.4 is 19.7 Å². The van der Waals surface area contributed by atoms with Crippen LogP contribution in [0.1, 0.15) is 18.9 Å². The highest BCUT2D eigenvalue weighted by molar-refractivity contribution is 5.95. The molecule has 0 spiro atoms. The molecule has 2 aromatic rings. The molecule has 0 bridgehead atoms. The number of para-hydroxylation sites is 1. The minimum absolute atomic E-state index is 0.0336. The number of rotatable bonds is 8. The molecule has 2 amide bonds. The van der Waals surface area contributed by atoms with Crippen LogP contribution in [0.4, 0.5) is 5.69 Å². The van der Waals surface area contributed by atoms with Gasteiger partial charge in [-0.15, -0.1) is 0 Å². The molecule has 3 rings (SSSR count). The zero-order valence-electron chi connectivity index (χ0n) is 16.3. The lowest BCUT2D eigenvalue weighted by molar-refractivity contribution is -0.123. The number of benzene rings is 2. The third-order valence-corrected chi connectivity index (χ3v) is 4.70. The largest absolute Gasteiger partial charge is 0.494 e. The van der Waals surface area contributed by atoms with Gasteiger partial charge in [-0.25, -0.2) is 0 Å². The molecule has 1 aliphatic heterocycles. The van der Waals surface area contributed by atoms with Gasteiger partial charge in [-0.2, -0.15) is 0 Å². The molecule has 1 unspecified atom stereocenters. The predicted octanol–water partition coefficient (Wildman–Crippen LogP) is 2.94. The van der Waals surface area contributed by atoms with Crippen molar-refractivity contribution in [2.75, 3.05) is 31.2 Å². The normalized spacial score (nSPS) is 16.1. The molecule has 1 atom stereocenters. The molecular formula is C22H26N2O4. The quantitative estimate of drug-likeness (QED) is 0.762. The molecule has 1 N–H and O–H groups in total. The van der Waals surface area contributed by atoms with Crippen molar-refractivity contribution in [3.05, 3.63) is 54.1 Å². The van der Waals surface area contributed by atoms with Gasteiger partial charge in [-0.3, -0.25) is 9.59 Å². The molecule has 0 aliphatic carbocycles. The summed E-state index contributed by atoms with van der Waals surface area (Å²) in [4.78, 5) is 26.2. The van der Waals surface area contributed by atoms with Crippen LogP contribution in [0.5, 0.6) is 11.5 Å². The molecule has 28 heavy (non-hydrogen) atoms. The third kappa shape index (κ3) is 5.03. The van der Waals surface area contributed by atoms with Gasteiger partial charge in [0.15, 0.2) is 6.61 Å². The van der Waals surface area contributed by atoms with Crippen LogP contribution in [-0.4, -0.2) is 38.1 Å². The maximum atomic E-state index is 12.3. The van der Waals surface area contributed by atoms with Gasteiger partial charge >= 0.3 is 0 Å². The van der Waals surface area contributed by atoms with E-state index in [0.29, 0.717) is 31.9 Å². The van der Waals surface area contributed by atoms with Gasteiger partial charge in [0, 0.05) is 31.1 Å². The molecule has 1 fully saturated rings. The number of carbonyl (C=O) groups excluding carboxylic acids is 2. The Labute approximate surface area is 165 Å². The van der Waals surface area contributed by atoms with E-state index in [1.165, 1.54) is 0 Å². The van der Waals surface area contributed by atoms with Gasteiger partial charge in [-0.05, 0) is 49.7 Å². The van der Waals surface area contributed by atoms with Crippen molar-refractivity contribution in [2.45, 2.75) is 20.3 Å². The second-order valence-electron chi connectivity index (χ2n) is 6.86. The molecular weight excluding hydrogens is 356 g/mol. The summed E-state index contributed by atoms with van der Waals surface area (Å²) in [6, 6.07) is 15.1. The summed E-state index contributed by atoms with van der Waals surface area (Å²) >= 11 is 0. The van der Waals surface area contributed by atoms with Crippen molar-refractivity contribution in [3.63, 3.8) is 0 Å². The van der Waals surface area contributed by atoms with Gasteiger partial charge < -0.3 is 19.7 Å². The first-order chi connectivity index (χ1) is 13.6. The number of anilines is 1. The fourth-order valence-electron chi connectivity index (χ4n) is 3.23. The summed E-state index contributed by atoms with van der Waals surface area (Å²) in [5.74, 6) is 1.46. The number of nitrogens with one attached hydrogen (secondary N) is 1. The SMILES string of the molecule is CCOc1ccc(N2CC(CNC(=O)COc3ccccc3C)CC2=O)cc1. The second kappa shape index (κ2) is 9.26. The van der Waals surface area contributed by atoms with Gasteiger partial charge in [0.05, 0.1) is 6.61 Å². The fourth-order valence-corrected chi connectivity index (χ4v) is 3.23. The maximum absolute atomic E-state index is 12.3. The summed E-state index contributed by atoms with van der Waals surface area (Å²) < 4.78 is 11.0. The van der Waals surface area contributed by atoms with Crippen molar-refractivity contribution in [2.24, 2.45) is 5.92 Å². The minimum Gasteiger partial charge on any atom is -0.494 e. The van der Waals surface area contributed by atoms with Crippen LogP contribution in [0.15, 0.2) is 48.5 Å². The van der Waals surface area contributed by atoms with E-state index in [1.54, 1.807) is 4.90 Å².